The number of carbonyl (C=O) groups is 2. The summed E-state index contributed by atoms with van der Waals surface area (Å²) in [6.45, 7) is -0.486. The van der Waals surface area contributed by atoms with Gasteiger partial charge < -0.3 is 14.9 Å². The zero-order valence-corrected chi connectivity index (χ0v) is 5.69. The number of ketones is 2. The van der Waals surface area contributed by atoms with Crippen molar-refractivity contribution in [3.05, 3.63) is 0 Å². The van der Waals surface area contributed by atoms with Gasteiger partial charge in [0, 0.05) is 0 Å². The van der Waals surface area contributed by atoms with Gasteiger partial charge in [0.15, 0.2) is 0 Å². The summed E-state index contributed by atoms with van der Waals surface area (Å²) in [4.78, 5) is 21.5. The maximum absolute atomic E-state index is 10.8. The van der Waals surface area contributed by atoms with Gasteiger partial charge in [-0.1, -0.05) is 0 Å². The molecular weight excluding hydrogens is 152 g/mol. The van der Waals surface area contributed by atoms with Crippen LogP contribution in [0.15, 0.2) is 0 Å². The predicted molar refractivity (Wildman–Crippen MR) is 32.8 cm³/mol. The minimum absolute atomic E-state index is 0.239. The average molecular weight is 160 g/mol. The van der Waals surface area contributed by atoms with E-state index in [4.69, 9.17) is 10.2 Å². The van der Waals surface area contributed by atoms with Crippen LogP contribution in [0.1, 0.15) is 0 Å². The van der Waals surface area contributed by atoms with E-state index in [2.05, 4.69) is 4.74 Å². The molecule has 0 radical (unpaired) electrons. The largest absolute Gasteiger partial charge is 0.393 e. The third kappa shape index (κ3) is 1.83. The summed E-state index contributed by atoms with van der Waals surface area (Å²) in [5.41, 5.74) is 0. The predicted octanol–water partition coefficient (Wildman–Crippen LogP) is -2.12. The average Bonchev–Trinajstić information content (AvgIpc) is 2.82. The lowest BCUT2D eigenvalue weighted by molar-refractivity contribution is -0.143. The Morgan fingerprint density at radius 2 is 2.18 bits per heavy atom. The fourth-order valence-electron chi connectivity index (χ4n) is 0.605. The Balaban J connectivity index is 2.45. The number of hydrogen-bond acceptors (Lipinski definition) is 5. The van der Waals surface area contributed by atoms with E-state index in [0.717, 1.165) is 0 Å². The molecule has 62 valence electrons. The smallest absolute Gasteiger partial charge is 0.232 e. The van der Waals surface area contributed by atoms with Crippen molar-refractivity contribution in [2.24, 2.45) is 0 Å². The molecule has 0 spiro atoms. The summed E-state index contributed by atoms with van der Waals surface area (Å²) in [5, 5.41) is 17.0. The van der Waals surface area contributed by atoms with Crippen LogP contribution in [-0.2, 0) is 14.3 Å². The highest BCUT2D eigenvalue weighted by Crippen LogP contribution is 2.11. The van der Waals surface area contributed by atoms with Crippen molar-refractivity contribution in [2.75, 3.05) is 13.2 Å². The molecule has 0 aromatic heterocycles. The first kappa shape index (κ1) is 8.32. The van der Waals surface area contributed by atoms with E-state index in [1.165, 1.54) is 0 Å². The van der Waals surface area contributed by atoms with Crippen molar-refractivity contribution in [2.45, 2.75) is 12.2 Å². The normalized spacial score (nSPS) is 24.4. The van der Waals surface area contributed by atoms with E-state index >= 15 is 0 Å². The Hall–Kier alpha value is -0.780. The van der Waals surface area contributed by atoms with Crippen molar-refractivity contribution in [3.8, 4) is 0 Å². The number of ether oxygens (including phenoxy) is 1. The number of epoxide rings is 1. The molecule has 2 unspecified atom stereocenters. The Morgan fingerprint density at radius 1 is 1.64 bits per heavy atom. The number of aliphatic hydroxyl groups excluding tert-OH is 2. The van der Waals surface area contributed by atoms with Crippen LogP contribution in [-0.4, -0.2) is 47.2 Å². The first-order chi connectivity index (χ1) is 5.16. The molecule has 1 rings (SSSR count). The van der Waals surface area contributed by atoms with Gasteiger partial charge in [-0.3, -0.25) is 9.59 Å². The molecule has 0 aliphatic carbocycles. The standard InChI is InChI=1S/C6H8O5/c7-1-3(8)5(9)6(10)4-2-11-4/h3-4,7-8H,1-2H2. The fraction of sp³-hybridized carbons (Fsp3) is 0.667. The number of hydrogen-bond donors (Lipinski definition) is 2. The lowest BCUT2D eigenvalue weighted by Gasteiger charge is -2.01. The van der Waals surface area contributed by atoms with Crippen molar-refractivity contribution in [1.82, 2.24) is 0 Å². The van der Waals surface area contributed by atoms with Crippen molar-refractivity contribution < 1.29 is 24.5 Å². The second-order valence-electron chi connectivity index (χ2n) is 2.25. The van der Waals surface area contributed by atoms with Crippen LogP contribution in [0.2, 0.25) is 0 Å². The summed E-state index contributed by atoms with van der Waals surface area (Å²) >= 11 is 0. The molecule has 1 aliphatic rings. The molecule has 1 aliphatic heterocycles. The molecule has 11 heavy (non-hydrogen) atoms. The molecule has 1 fully saturated rings. The summed E-state index contributed by atoms with van der Waals surface area (Å²) < 4.78 is 4.52. The lowest BCUT2D eigenvalue weighted by Crippen LogP contribution is -2.33. The van der Waals surface area contributed by atoms with E-state index in [1.54, 1.807) is 0 Å². The highest BCUT2D eigenvalue weighted by Gasteiger charge is 2.38. The number of Topliss-reactive ketones (excluding diaryl/α,β-unsaturated/α-hetero) is 2. The molecule has 0 amide bonds. The minimum Gasteiger partial charge on any atom is -0.393 e. The van der Waals surface area contributed by atoms with Gasteiger partial charge in [-0.05, 0) is 0 Å². The molecule has 0 saturated carbocycles. The van der Waals surface area contributed by atoms with Crippen LogP contribution in [0.4, 0.5) is 0 Å². The Morgan fingerprint density at radius 3 is 2.55 bits per heavy atom. The van der Waals surface area contributed by atoms with Crippen molar-refractivity contribution in [1.29, 1.82) is 0 Å². The van der Waals surface area contributed by atoms with Crippen LogP contribution < -0.4 is 0 Å². The Bertz CT molecular complexity index is 183. The van der Waals surface area contributed by atoms with Crippen molar-refractivity contribution >= 4 is 11.6 Å². The summed E-state index contributed by atoms with van der Waals surface area (Å²) in [6, 6.07) is 0. The van der Waals surface area contributed by atoms with E-state index in [9.17, 15) is 9.59 Å². The quantitative estimate of drug-likeness (QED) is 0.362. The topological polar surface area (TPSA) is 87.1 Å². The van der Waals surface area contributed by atoms with Gasteiger partial charge >= 0.3 is 0 Å². The van der Waals surface area contributed by atoms with Crippen LogP contribution in [0.5, 0.6) is 0 Å². The van der Waals surface area contributed by atoms with Crippen LogP contribution in [0.3, 0.4) is 0 Å². The zero-order valence-electron chi connectivity index (χ0n) is 5.69. The van der Waals surface area contributed by atoms with Gasteiger partial charge in [0.1, 0.15) is 12.2 Å². The number of aliphatic hydroxyl groups is 2. The zero-order chi connectivity index (χ0) is 8.43. The maximum atomic E-state index is 10.8. The molecule has 5 nitrogen and oxygen atoms in total. The van der Waals surface area contributed by atoms with Crippen LogP contribution in [0.25, 0.3) is 0 Å². The van der Waals surface area contributed by atoms with Gasteiger partial charge in [-0.15, -0.1) is 0 Å². The fourth-order valence-corrected chi connectivity index (χ4v) is 0.605. The first-order valence-corrected chi connectivity index (χ1v) is 3.15. The van der Waals surface area contributed by atoms with Gasteiger partial charge in [-0.2, -0.15) is 0 Å². The maximum Gasteiger partial charge on any atom is 0.232 e. The third-order valence-electron chi connectivity index (χ3n) is 1.34. The minimum atomic E-state index is -1.59. The number of rotatable bonds is 4. The van der Waals surface area contributed by atoms with Crippen LogP contribution >= 0.6 is 0 Å². The summed E-state index contributed by atoms with van der Waals surface area (Å²) in [6.07, 6.45) is -2.27. The molecule has 2 atom stereocenters. The summed E-state index contributed by atoms with van der Waals surface area (Å²) in [5.74, 6) is -1.73. The molecule has 0 aromatic carbocycles. The molecule has 1 heterocycles. The molecule has 0 bridgehead atoms. The monoisotopic (exact) mass is 160 g/mol. The Kier molecular flexibility index (Phi) is 2.33. The van der Waals surface area contributed by atoms with Gasteiger partial charge in [-0.25, -0.2) is 0 Å². The van der Waals surface area contributed by atoms with Crippen LogP contribution in [0, 0.1) is 0 Å². The molecule has 5 heteroatoms. The number of carbonyl (C=O) groups excluding carboxylic acids is 2. The van der Waals surface area contributed by atoms with Crippen molar-refractivity contribution in [3.63, 3.8) is 0 Å². The van der Waals surface area contributed by atoms with Gasteiger partial charge in [0.2, 0.25) is 11.6 Å². The second kappa shape index (κ2) is 3.08. The van der Waals surface area contributed by atoms with Gasteiger partial charge in [0.25, 0.3) is 0 Å². The van der Waals surface area contributed by atoms with E-state index in [-0.39, 0.29) is 6.61 Å². The van der Waals surface area contributed by atoms with E-state index in [0.29, 0.717) is 0 Å². The van der Waals surface area contributed by atoms with E-state index < -0.39 is 30.4 Å². The SMILES string of the molecule is O=C(C(=O)C1CO1)C(O)CO. The molecule has 2 N–H and O–H groups in total. The third-order valence-corrected chi connectivity index (χ3v) is 1.34. The highest BCUT2D eigenvalue weighted by atomic mass is 16.6. The lowest BCUT2D eigenvalue weighted by atomic mass is 10.1. The molecular formula is C6H8O5. The molecule has 0 aromatic rings. The second-order valence-corrected chi connectivity index (χ2v) is 2.25. The highest BCUT2D eigenvalue weighted by molar-refractivity contribution is 6.41. The molecule has 1 saturated heterocycles. The summed E-state index contributed by atoms with van der Waals surface area (Å²) in [7, 11) is 0. The first-order valence-electron chi connectivity index (χ1n) is 3.15. The van der Waals surface area contributed by atoms with Gasteiger partial charge in [0.05, 0.1) is 13.2 Å². The van der Waals surface area contributed by atoms with E-state index in [1.807, 2.05) is 0 Å². The Labute approximate surface area is 62.6 Å².